The van der Waals surface area contributed by atoms with E-state index in [2.05, 4.69) is 209 Å². The van der Waals surface area contributed by atoms with Crippen molar-refractivity contribution in [2.24, 2.45) is 0 Å². The summed E-state index contributed by atoms with van der Waals surface area (Å²) in [6.07, 6.45) is 0. The number of benzene rings is 10. The summed E-state index contributed by atoms with van der Waals surface area (Å²) in [5.41, 5.74) is 15.1. The Morgan fingerprint density at radius 1 is 0.290 bits per heavy atom. The Morgan fingerprint density at radius 2 is 0.667 bits per heavy atom. The van der Waals surface area contributed by atoms with Gasteiger partial charge < -0.3 is 13.6 Å². The maximum absolute atomic E-state index is 7.30. The van der Waals surface area contributed by atoms with Gasteiger partial charge >= 0.3 is 0 Å². The summed E-state index contributed by atoms with van der Waals surface area (Å²) in [5, 5.41) is 6.64. The number of hydrogen-bond acceptors (Lipinski definition) is 4. The molecular formula is C63H39N5O. The first-order valence-electron chi connectivity index (χ1n) is 23.3. The highest BCUT2D eigenvalue weighted by Crippen LogP contribution is 2.47. The van der Waals surface area contributed by atoms with Crippen molar-refractivity contribution in [2.45, 2.75) is 0 Å². The van der Waals surface area contributed by atoms with Crippen LogP contribution in [-0.2, 0) is 0 Å². The zero-order valence-corrected chi connectivity index (χ0v) is 37.2. The third-order valence-electron chi connectivity index (χ3n) is 13.6. The molecule has 0 aliphatic carbocycles. The smallest absolute Gasteiger partial charge is 0.165 e. The number of rotatable bonds is 7. The zero-order valence-electron chi connectivity index (χ0n) is 37.2. The molecule has 0 amide bonds. The maximum Gasteiger partial charge on any atom is 0.165 e. The SMILES string of the molecule is c1ccc(-c2nc(-c3ccccc3)nc(-c3c(-c4ccccc4)cc(-n4c5ccccc5c5c6oc7c(ccc8c7c7ccccc7n8-c7ccccc7)c6ccc54)cc3-c3ccccc3)n2)cc1. The van der Waals surface area contributed by atoms with E-state index >= 15 is 0 Å². The summed E-state index contributed by atoms with van der Waals surface area (Å²) in [4.78, 5) is 15.8. The van der Waals surface area contributed by atoms with Gasteiger partial charge in [0.1, 0.15) is 11.2 Å². The van der Waals surface area contributed by atoms with E-state index in [0.29, 0.717) is 17.5 Å². The number of furan rings is 1. The Balaban J connectivity index is 1.07. The molecule has 0 unspecified atom stereocenters. The second-order valence-corrected chi connectivity index (χ2v) is 17.5. The van der Waals surface area contributed by atoms with Crippen molar-refractivity contribution in [1.29, 1.82) is 0 Å². The molecule has 6 heteroatoms. The molecule has 0 saturated carbocycles. The van der Waals surface area contributed by atoms with Gasteiger partial charge in [-0.2, -0.15) is 0 Å². The largest absolute Gasteiger partial charge is 0.455 e. The lowest BCUT2D eigenvalue weighted by atomic mass is 9.90. The van der Waals surface area contributed by atoms with Crippen LogP contribution < -0.4 is 0 Å². The van der Waals surface area contributed by atoms with Crippen LogP contribution in [0, 0.1) is 0 Å². The molecular weight excluding hydrogens is 843 g/mol. The van der Waals surface area contributed by atoms with E-state index in [9.17, 15) is 0 Å². The first-order chi connectivity index (χ1) is 34.2. The molecule has 0 bridgehead atoms. The Labute approximate surface area is 396 Å². The molecule has 0 aliphatic heterocycles. The van der Waals surface area contributed by atoms with Crippen LogP contribution in [0.5, 0.6) is 0 Å². The molecule has 0 aliphatic rings. The van der Waals surface area contributed by atoms with E-state index in [1.165, 1.54) is 0 Å². The summed E-state index contributed by atoms with van der Waals surface area (Å²) in [6.45, 7) is 0. The first-order valence-corrected chi connectivity index (χ1v) is 23.3. The van der Waals surface area contributed by atoms with Gasteiger partial charge in [-0.1, -0.05) is 176 Å². The number of para-hydroxylation sites is 3. The van der Waals surface area contributed by atoms with Crippen LogP contribution in [0.25, 0.3) is 133 Å². The van der Waals surface area contributed by atoms with Crippen molar-refractivity contribution in [3.63, 3.8) is 0 Å². The molecule has 0 spiro atoms. The van der Waals surface area contributed by atoms with Gasteiger partial charge in [-0.25, -0.2) is 15.0 Å². The van der Waals surface area contributed by atoms with Gasteiger partial charge in [0.25, 0.3) is 0 Å². The fourth-order valence-electron chi connectivity index (χ4n) is 10.5. The maximum atomic E-state index is 7.30. The normalized spacial score (nSPS) is 11.8. The summed E-state index contributed by atoms with van der Waals surface area (Å²) in [5.74, 6) is 1.82. The minimum atomic E-state index is 0.595. The molecule has 322 valence electrons. The second kappa shape index (κ2) is 15.6. The number of nitrogens with zero attached hydrogens (tertiary/aromatic N) is 5. The van der Waals surface area contributed by atoms with Crippen molar-refractivity contribution in [3.05, 3.63) is 237 Å². The van der Waals surface area contributed by atoms with Crippen LogP contribution in [0.1, 0.15) is 0 Å². The van der Waals surface area contributed by atoms with Crippen molar-refractivity contribution in [2.75, 3.05) is 0 Å². The van der Waals surface area contributed by atoms with Gasteiger partial charge in [0.15, 0.2) is 17.5 Å². The zero-order chi connectivity index (χ0) is 45.4. The monoisotopic (exact) mass is 881 g/mol. The molecule has 4 heterocycles. The third kappa shape index (κ3) is 6.16. The Bertz CT molecular complexity index is 4150. The summed E-state index contributed by atoms with van der Waals surface area (Å²) < 4.78 is 12.0. The first kappa shape index (κ1) is 38.8. The average molecular weight is 882 g/mol. The minimum absolute atomic E-state index is 0.595. The van der Waals surface area contributed by atoms with Crippen LogP contribution in [0.2, 0.25) is 0 Å². The molecule has 0 atom stereocenters. The highest BCUT2D eigenvalue weighted by Gasteiger charge is 2.26. The van der Waals surface area contributed by atoms with Crippen molar-refractivity contribution in [3.8, 4) is 67.8 Å². The molecule has 0 saturated heterocycles. The van der Waals surface area contributed by atoms with E-state index in [1.807, 2.05) is 36.4 Å². The summed E-state index contributed by atoms with van der Waals surface area (Å²) >= 11 is 0. The Kier molecular flexibility index (Phi) is 8.79. The van der Waals surface area contributed by atoms with Gasteiger partial charge in [0.2, 0.25) is 0 Å². The van der Waals surface area contributed by atoms with E-state index in [0.717, 1.165) is 116 Å². The van der Waals surface area contributed by atoms with Crippen molar-refractivity contribution in [1.82, 2.24) is 24.1 Å². The Morgan fingerprint density at radius 3 is 1.13 bits per heavy atom. The number of fused-ring (bicyclic) bond motifs is 11. The van der Waals surface area contributed by atoms with Gasteiger partial charge in [0, 0.05) is 49.6 Å². The molecule has 0 radical (unpaired) electrons. The molecule has 0 fully saturated rings. The molecule has 4 aromatic heterocycles. The standard InChI is InChI=1S/C63H39N5O/c1-6-20-40(21-7-1)50-38-45(39-51(41-22-8-2-9-23-41)56(50)63-65-61(42-24-10-3-11-25-42)64-62(66-63)43-26-12-4-13-27-43)68-53-33-19-17-31-49(53)58-55(68)37-35-47-46-34-36-54-57(59(46)69-60(47)58)48-30-16-18-32-52(48)67(54)44-28-14-5-15-29-44/h1-39H. The lowest BCUT2D eigenvalue weighted by Crippen LogP contribution is -2.04. The van der Waals surface area contributed by atoms with E-state index in [-0.39, 0.29) is 0 Å². The number of aromatic nitrogens is 5. The predicted molar refractivity (Wildman–Crippen MR) is 283 cm³/mol. The fourth-order valence-corrected chi connectivity index (χ4v) is 10.5. The molecule has 14 rings (SSSR count). The second-order valence-electron chi connectivity index (χ2n) is 17.5. The quantitative estimate of drug-likeness (QED) is 0.160. The summed E-state index contributed by atoms with van der Waals surface area (Å²) in [7, 11) is 0. The van der Waals surface area contributed by atoms with Crippen molar-refractivity contribution >= 4 is 65.6 Å². The van der Waals surface area contributed by atoms with Crippen LogP contribution in [-0.4, -0.2) is 24.1 Å². The van der Waals surface area contributed by atoms with Gasteiger partial charge in [0.05, 0.1) is 32.8 Å². The van der Waals surface area contributed by atoms with Crippen molar-refractivity contribution < 1.29 is 4.42 Å². The third-order valence-corrected chi connectivity index (χ3v) is 13.6. The van der Waals surface area contributed by atoms with Crippen LogP contribution in [0.15, 0.2) is 241 Å². The van der Waals surface area contributed by atoms with Crippen LogP contribution in [0.4, 0.5) is 0 Å². The molecule has 6 nitrogen and oxygen atoms in total. The van der Waals surface area contributed by atoms with Gasteiger partial charge in [-0.3, -0.25) is 0 Å². The average Bonchev–Trinajstić information content (AvgIpc) is 4.09. The molecule has 0 N–H and O–H groups in total. The lowest BCUT2D eigenvalue weighted by molar-refractivity contribution is 0.677. The molecule has 10 aromatic carbocycles. The van der Waals surface area contributed by atoms with Crippen LogP contribution >= 0.6 is 0 Å². The topological polar surface area (TPSA) is 61.7 Å². The molecule has 69 heavy (non-hydrogen) atoms. The van der Waals surface area contributed by atoms with Crippen LogP contribution in [0.3, 0.4) is 0 Å². The minimum Gasteiger partial charge on any atom is -0.455 e. The molecule has 14 aromatic rings. The van der Waals surface area contributed by atoms with Gasteiger partial charge in [-0.05, 0) is 82.9 Å². The Hall–Kier alpha value is -9.39. The number of hydrogen-bond donors (Lipinski definition) is 0. The van der Waals surface area contributed by atoms with Gasteiger partial charge in [-0.15, -0.1) is 0 Å². The lowest BCUT2D eigenvalue weighted by Gasteiger charge is -2.20. The van der Waals surface area contributed by atoms with E-state index in [4.69, 9.17) is 19.4 Å². The predicted octanol–water partition coefficient (Wildman–Crippen LogP) is 16.3. The highest BCUT2D eigenvalue weighted by molar-refractivity contribution is 6.29. The fraction of sp³-hybridized carbons (Fsp3) is 0. The van der Waals surface area contributed by atoms with E-state index in [1.54, 1.807) is 0 Å². The van der Waals surface area contributed by atoms with E-state index < -0.39 is 0 Å². The highest BCUT2D eigenvalue weighted by atomic mass is 16.3. The summed E-state index contributed by atoms with van der Waals surface area (Å²) in [6, 6.07) is 83.1.